The molecule has 0 fully saturated rings. The number of hydrogen-bond acceptors (Lipinski definition) is 4. The minimum absolute atomic E-state index is 0.420. The fraction of sp³-hybridized carbons (Fsp3) is 0.0833. The molecule has 4 nitrogen and oxygen atoms in total. The first-order valence-electron chi connectivity index (χ1n) is 4.81. The van der Waals surface area contributed by atoms with E-state index in [0.717, 1.165) is 11.4 Å². The van der Waals surface area contributed by atoms with Crippen molar-refractivity contribution in [1.29, 1.82) is 5.26 Å². The first-order chi connectivity index (χ1) is 7.81. The van der Waals surface area contributed by atoms with Gasteiger partial charge in [0, 0.05) is 13.2 Å². The Morgan fingerprint density at radius 2 is 2.00 bits per heavy atom. The van der Waals surface area contributed by atoms with Crippen LogP contribution in [0, 0.1) is 11.3 Å². The average molecular weight is 210 g/mol. The molecule has 16 heavy (non-hydrogen) atoms. The van der Waals surface area contributed by atoms with E-state index in [1.165, 1.54) is 0 Å². The molecule has 0 radical (unpaired) electrons. The molecular formula is C12H10N4. The van der Waals surface area contributed by atoms with Crippen LogP contribution in [0.3, 0.4) is 0 Å². The van der Waals surface area contributed by atoms with Gasteiger partial charge >= 0.3 is 0 Å². The van der Waals surface area contributed by atoms with Gasteiger partial charge in [0.25, 0.3) is 0 Å². The summed E-state index contributed by atoms with van der Waals surface area (Å²) in [6.45, 7) is 0. The topological polar surface area (TPSA) is 52.8 Å². The summed E-state index contributed by atoms with van der Waals surface area (Å²) in [6.07, 6.45) is 5.18. The number of pyridine rings is 2. The van der Waals surface area contributed by atoms with Crippen molar-refractivity contribution in [2.24, 2.45) is 0 Å². The minimum atomic E-state index is 0.420. The summed E-state index contributed by atoms with van der Waals surface area (Å²) in [6, 6.07) is 9.39. The van der Waals surface area contributed by atoms with Crippen LogP contribution in [-0.2, 0) is 0 Å². The summed E-state index contributed by atoms with van der Waals surface area (Å²) in [5.41, 5.74) is 2.32. The first-order valence-corrected chi connectivity index (χ1v) is 4.81. The van der Waals surface area contributed by atoms with E-state index in [0.29, 0.717) is 5.69 Å². The second-order valence-electron chi connectivity index (χ2n) is 3.28. The van der Waals surface area contributed by atoms with Crippen molar-refractivity contribution < 1.29 is 0 Å². The van der Waals surface area contributed by atoms with E-state index in [-0.39, 0.29) is 0 Å². The van der Waals surface area contributed by atoms with Crippen LogP contribution in [0.5, 0.6) is 0 Å². The molecule has 78 valence electrons. The molecule has 0 atom stereocenters. The van der Waals surface area contributed by atoms with E-state index in [1.54, 1.807) is 24.7 Å². The van der Waals surface area contributed by atoms with Crippen molar-refractivity contribution >= 4 is 11.4 Å². The zero-order valence-corrected chi connectivity index (χ0v) is 8.83. The Balaban J connectivity index is 2.28. The highest BCUT2D eigenvalue weighted by Gasteiger charge is 2.03. The molecule has 2 rings (SSSR count). The molecule has 2 aromatic heterocycles. The van der Waals surface area contributed by atoms with E-state index in [2.05, 4.69) is 9.97 Å². The number of anilines is 2. The van der Waals surface area contributed by atoms with E-state index < -0.39 is 0 Å². The van der Waals surface area contributed by atoms with Crippen LogP contribution in [0.15, 0.2) is 42.9 Å². The summed E-state index contributed by atoms with van der Waals surface area (Å²) in [5.74, 6) is 0. The maximum atomic E-state index is 8.65. The third-order valence-corrected chi connectivity index (χ3v) is 2.28. The Bertz CT molecular complexity index is 499. The van der Waals surface area contributed by atoms with Crippen LogP contribution in [0.1, 0.15) is 5.69 Å². The van der Waals surface area contributed by atoms with Gasteiger partial charge in [-0.25, -0.2) is 4.98 Å². The van der Waals surface area contributed by atoms with Crippen molar-refractivity contribution in [3.05, 3.63) is 48.5 Å². The van der Waals surface area contributed by atoms with Gasteiger partial charge in [-0.1, -0.05) is 0 Å². The number of rotatable bonds is 2. The van der Waals surface area contributed by atoms with Crippen molar-refractivity contribution in [3.8, 4) is 6.07 Å². The number of nitrogens with zero attached hydrogens (tertiary/aromatic N) is 4. The van der Waals surface area contributed by atoms with Crippen LogP contribution in [0.4, 0.5) is 11.4 Å². The SMILES string of the molecule is CN(c1cccnc1)c1ccc(C#N)nc1. The van der Waals surface area contributed by atoms with Gasteiger partial charge in [-0.2, -0.15) is 5.26 Å². The number of aromatic nitrogens is 2. The fourth-order valence-electron chi connectivity index (χ4n) is 1.35. The van der Waals surface area contributed by atoms with Gasteiger partial charge in [0.15, 0.2) is 0 Å². The van der Waals surface area contributed by atoms with Gasteiger partial charge in [-0.15, -0.1) is 0 Å². The summed E-state index contributed by atoms with van der Waals surface area (Å²) in [7, 11) is 1.93. The van der Waals surface area contributed by atoms with Gasteiger partial charge in [-0.3, -0.25) is 4.98 Å². The molecule has 0 aromatic carbocycles. The van der Waals surface area contributed by atoms with E-state index in [9.17, 15) is 0 Å². The lowest BCUT2D eigenvalue weighted by Crippen LogP contribution is -2.09. The average Bonchev–Trinajstić information content (AvgIpc) is 2.39. The molecule has 0 saturated carbocycles. The molecule has 0 saturated heterocycles. The van der Waals surface area contributed by atoms with Crippen LogP contribution in [-0.4, -0.2) is 17.0 Å². The summed E-state index contributed by atoms with van der Waals surface area (Å²) >= 11 is 0. The zero-order valence-electron chi connectivity index (χ0n) is 8.83. The second-order valence-corrected chi connectivity index (χ2v) is 3.28. The van der Waals surface area contributed by atoms with Crippen molar-refractivity contribution in [1.82, 2.24) is 9.97 Å². The monoisotopic (exact) mass is 210 g/mol. The summed E-state index contributed by atoms with van der Waals surface area (Å²) in [4.78, 5) is 10.0. The van der Waals surface area contributed by atoms with Crippen LogP contribution in [0.2, 0.25) is 0 Å². The summed E-state index contributed by atoms with van der Waals surface area (Å²) in [5, 5.41) is 8.65. The fourth-order valence-corrected chi connectivity index (χ4v) is 1.35. The Kier molecular flexibility index (Phi) is 2.79. The smallest absolute Gasteiger partial charge is 0.140 e. The largest absolute Gasteiger partial charge is 0.342 e. The maximum Gasteiger partial charge on any atom is 0.140 e. The highest BCUT2D eigenvalue weighted by Crippen LogP contribution is 2.21. The Morgan fingerprint density at radius 3 is 2.56 bits per heavy atom. The normalized spacial score (nSPS) is 9.50. The van der Waals surface area contributed by atoms with E-state index >= 15 is 0 Å². The van der Waals surface area contributed by atoms with Crippen LogP contribution >= 0.6 is 0 Å². The van der Waals surface area contributed by atoms with Crippen molar-refractivity contribution in [2.75, 3.05) is 11.9 Å². The molecule has 0 aliphatic heterocycles. The standard InChI is InChI=1S/C12H10N4/c1-16(11-3-2-6-14-8-11)12-5-4-10(7-13)15-9-12/h2-6,8-9H,1H3. The Morgan fingerprint density at radius 1 is 1.19 bits per heavy atom. The third kappa shape index (κ3) is 1.98. The third-order valence-electron chi connectivity index (χ3n) is 2.28. The first kappa shape index (κ1) is 10.1. The lowest BCUT2D eigenvalue weighted by atomic mass is 10.3. The van der Waals surface area contributed by atoms with Crippen molar-refractivity contribution in [2.45, 2.75) is 0 Å². The highest BCUT2D eigenvalue weighted by molar-refractivity contribution is 5.60. The minimum Gasteiger partial charge on any atom is -0.342 e. The van der Waals surface area contributed by atoms with Crippen LogP contribution in [0.25, 0.3) is 0 Å². The molecular weight excluding hydrogens is 200 g/mol. The molecule has 0 unspecified atom stereocenters. The lowest BCUT2D eigenvalue weighted by molar-refractivity contribution is 1.14. The van der Waals surface area contributed by atoms with Gasteiger partial charge in [0.2, 0.25) is 0 Å². The number of nitriles is 1. The molecule has 2 aromatic rings. The quantitative estimate of drug-likeness (QED) is 0.761. The van der Waals surface area contributed by atoms with E-state index in [1.807, 2.05) is 36.2 Å². The van der Waals surface area contributed by atoms with Gasteiger partial charge < -0.3 is 4.90 Å². The lowest BCUT2D eigenvalue weighted by Gasteiger charge is -2.18. The number of hydrogen-bond donors (Lipinski definition) is 0. The van der Waals surface area contributed by atoms with Gasteiger partial charge in [-0.05, 0) is 24.3 Å². The van der Waals surface area contributed by atoms with Gasteiger partial charge in [0.05, 0.1) is 23.8 Å². The molecule has 0 amide bonds. The summed E-state index contributed by atoms with van der Waals surface area (Å²) < 4.78 is 0. The molecule has 0 aliphatic rings. The molecule has 4 heteroatoms. The zero-order chi connectivity index (χ0) is 11.4. The van der Waals surface area contributed by atoms with E-state index in [4.69, 9.17) is 5.26 Å². The molecule has 0 bridgehead atoms. The maximum absolute atomic E-state index is 8.65. The predicted octanol–water partition coefficient (Wildman–Crippen LogP) is 2.12. The Labute approximate surface area is 93.8 Å². The molecule has 0 spiro atoms. The molecule has 2 heterocycles. The highest BCUT2D eigenvalue weighted by atomic mass is 15.1. The molecule has 0 N–H and O–H groups in total. The Hall–Kier alpha value is -2.41. The van der Waals surface area contributed by atoms with Gasteiger partial charge in [0.1, 0.15) is 11.8 Å². The van der Waals surface area contributed by atoms with Crippen LogP contribution < -0.4 is 4.90 Å². The molecule has 0 aliphatic carbocycles. The predicted molar refractivity (Wildman–Crippen MR) is 61.3 cm³/mol. The van der Waals surface area contributed by atoms with Crippen molar-refractivity contribution in [3.63, 3.8) is 0 Å². The second kappa shape index (κ2) is 4.41.